The Morgan fingerprint density at radius 1 is 1.27 bits per heavy atom. The van der Waals surface area contributed by atoms with Gasteiger partial charge in [0.05, 0.1) is 0 Å². The Morgan fingerprint density at radius 3 is 2.64 bits per heavy atom. The van der Waals surface area contributed by atoms with Gasteiger partial charge in [-0.2, -0.15) is 5.43 Å². The van der Waals surface area contributed by atoms with Crippen LogP contribution in [0.25, 0.3) is 0 Å². The van der Waals surface area contributed by atoms with Gasteiger partial charge in [0, 0.05) is 12.6 Å². The predicted molar refractivity (Wildman–Crippen MR) is 47.3 cm³/mol. The Balaban J connectivity index is 1.96. The maximum atomic E-state index is 4.26. The van der Waals surface area contributed by atoms with Crippen LogP contribution in [0, 0.1) is 0 Å². The highest BCUT2D eigenvalue weighted by Gasteiger charge is 2.11. The highest BCUT2D eigenvalue weighted by Crippen LogP contribution is 2.16. The zero-order valence-electron chi connectivity index (χ0n) is 7.47. The van der Waals surface area contributed by atoms with Crippen molar-refractivity contribution in [3.8, 4) is 0 Å². The fraction of sp³-hybridized carbons (Fsp3) is 1.00. The molecule has 1 saturated carbocycles. The number of nitrogens with one attached hydrogen (secondary N) is 1. The quantitative estimate of drug-likeness (QED) is 0.486. The summed E-state index contributed by atoms with van der Waals surface area (Å²) in [4.78, 5) is 0. The molecule has 0 aromatic carbocycles. The first kappa shape index (κ1) is 9.01. The topological polar surface area (TPSA) is 26.1 Å². The number of nitrogens with zero attached hydrogens (tertiary/aromatic N) is 1. The Morgan fingerprint density at radius 2 is 2.00 bits per heavy atom. The molecule has 0 heterocycles. The molecule has 2 heteroatoms. The molecular weight excluding hydrogens is 136 g/mol. The molecule has 1 aliphatic carbocycles. The molecule has 1 aliphatic rings. The van der Waals surface area contributed by atoms with Gasteiger partial charge >= 0.3 is 0 Å². The van der Waals surface area contributed by atoms with Crippen molar-refractivity contribution in [2.24, 2.45) is 0 Å². The maximum absolute atomic E-state index is 4.26. The van der Waals surface area contributed by atoms with E-state index in [1.165, 1.54) is 32.1 Å². The van der Waals surface area contributed by atoms with Crippen LogP contribution in [0.5, 0.6) is 0 Å². The van der Waals surface area contributed by atoms with Crippen molar-refractivity contribution in [2.45, 2.75) is 51.5 Å². The van der Waals surface area contributed by atoms with Gasteiger partial charge in [-0.3, -0.25) is 0 Å². The summed E-state index contributed by atoms with van der Waals surface area (Å²) in [5.74, 6) is 0. The summed E-state index contributed by atoms with van der Waals surface area (Å²) in [6.07, 6.45) is 8.00. The van der Waals surface area contributed by atoms with Crippen LogP contribution in [-0.4, -0.2) is 12.6 Å². The lowest BCUT2D eigenvalue weighted by Gasteiger charge is -2.21. The van der Waals surface area contributed by atoms with Crippen molar-refractivity contribution >= 4 is 0 Å². The van der Waals surface area contributed by atoms with E-state index in [1.54, 1.807) is 0 Å². The number of rotatable bonds is 4. The molecule has 1 N–H and O–H groups in total. The Bertz CT molecular complexity index is 87.6. The first-order valence-corrected chi connectivity index (χ1v) is 4.85. The van der Waals surface area contributed by atoms with Crippen LogP contribution < -0.4 is 10.9 Å². The van der Waals surface area contributed by atoms with Crippen LogP contribution in [0.1, 0.15) is 45.4 Å². The van der Waals surface area contributed by atoms with Crippen molar-refractivity contribution in [1.82, 2.24) is 10.9 Å². The lowest BCUT2D eigenvalue weighted by Crippen LogP contribution is -2.37. The van der Waals surface area contributed by atoms with Crippen molar-refractivity contribution in [2.75, 3.05) is 6.54 Å². The second-order valence-corrected chi connectivity index (χ2v) is 3.35. The minimum absolute atomic E-state index is 0.690. The molecule has 1 rings (SSSR count). The van der Waals surface area contributed by atoms with Gasteiger partial charge in [-0.25, -0.2) is 5.43 Å². The van der Waals surface area contributed by atoms with Crippen LogP contribution in [0.15, 0.2) is 0 Å². The summed E-state index contributed by atoms with van der Waals surface area (Å²) in [7, 11) is 0. The van der Waals surface area contributed by atoms with Crippen molar-refractivity contribution in [1.29, 1.82) is 0 Å². The zero-order chi connectivity index (χ0) is 7.94. The lowest BCUT2D eigenvalue weighted by atomic mass is 9.96. The second-order valence-electron chi connectivity index (χ2n) is 3.35. The van der Waals surface area contributed by atoms with Gasteiger partial charge in [-0.05, 0) is 19.3 Å². The van der Waals surface area contributed by atoms with Crippen molar-refractivity contribution in [3.63, 3.8) is 0 Å². The first-order chi connectivity index (χ1) is 5.43. The summed E-state index contributed by atoms with van der Waals surface area (Å²) in [5, 5.41) is 0. The van der Waals surface area contributed by atoms with Crippen LogP contribution in [0.4, 0.5) is 0 Å². The van der Waals surface area contributed by atoms with E-state index >= 15 is 0 Å². The van der Waals surface area contributed by atoms with Gasteiger partial charge in [0.25, 0.3) is 0 Å². The molecule has 1 radical (unpaired) electrons. The van der Waals surface area contributed by atoms with Gasteiger partial charge in [0.2, 0.25) is 0 Å². The van der Waals surface area contributed by atoms with E-state index in [-0.39, 0.29) is 0 Å². The van der Waals surface area contributed by atoms with Crippen LogP contribution >= 0.6 is 0 Å². The highest BCUT2D eigenvalue weighted by atomic mass is 15.4. The van der Waals surface area contributed by atoms with Gasteiger partial charge in [-0.1, -0.05) is 26.2 Å². The molecule has 0 spiro atoms. The molecule has 11 heavy (non-hydrogen) atoms. The van der Waals surface area contributed by atoms with Crippen molar-refractivity contribution < 1.29 is 0 Å². The molecule has 0 bridgehead atoms. The Hall–Kier alpha value is -0.0800. The number of hydrogen-bond donors (Lipinski definition) is 1. The van der Waals surface area contributed by atoms with E-state index in [2.05, 4.69) is 17.8 Å². The highest BCUT2D eigenvalue weighted by molar-refractivity contribution is 4.69. The monoisotopic (exact) mass is 155 g/mol. The van der Waals surface area contributed by atoms with Gasteiger partial charge in [-0.15, -0.1) is 0 Å². The average molecular weight is 155 g/mol. The van der Waals surface area contributed by atoms with Crippen LogP contribution in [0.2, 0.25) is 0 Å². The summed E-state index contributed by atoms with van der Waals surface area (Å²) in [5.41, 5.74) is 7.51. The third-order valence-corrected chi connectivity index (χ3v) is 2.21. The zero-order valence-corrected chi connectivity index (χ0v) is 7.47. The summed E-state index contributed by atoms with van der Waals surface area (Å²) in [6.45, 7) is 3.13. The average Bonchev–Trinajstić information content (AvgIpc) is 2.07. The molecule has 0 aromatic heterocycles. The minimum atomic E-state index is 0.690. The SMILES string of the molecule is CCC[N]NC1CCCCC1. The third kappa shape index (κ3) is 3.73. The fourth-order valence-corrected chi connectivity index (χ4v) is 1.54. The van der Waals surface area contributed by atoms with E-state index in [9.17, 15) is 0 Å². The molecule has 0 aromatic rings. The largest absolute Gasteiger partial charge is 0.237 e. The number of hydrogen-bond acceptors (Lipinski definition) is 1. The fourth-order valence-electron chi connectivity index (χ4n) is 1.54. The normalized spacial score (nSPS) is 20.5. The van der Waals surface area contributed by atoms with E-state index in [1.807, 2.05) is 0 Å². The molecule has 1 fully saturated rings. The van der Waals surface area contributed by atoms with E-state index in [0.717, 1.165) is 13.0 Å². The van der Waals surface area contributed by atoms with Crippen LogP contribution in [-0.2, 0) is 0 Å². The van der Waals surface area contributed by atoms with Gasteiger partial charge in [0.1, 0.15) is 0 Å². The Labute approximate surface area is 69.7 Å². The molecule has 0 saturated heterocycles. The van der Waals surface area contributed by atoms with Crippen LogP contribution in [0.3, 0.4) is 0 Å². The maximum Gasteiger partial charge on any atom is 0.0301 e. The smallest absolute Gasteiger partial charge is 0.0301 e. The molecule has 2 nitrogen and oxygen atoms in total. The predicted octanol–water partition coefficient (Wildman–Crippen LogP) is 1.84. The molecular formula is C9H19N2. The third-order valence-electron chi connectivity index (χ3n) is 2.21. The lowest BCUT2D eigenvalue weighted by molar-refractivity contribution is 0.330. The molecule has 0 amide bonds. The molecule has 0 atom stereocenters. The Kier molecular flexibility index (Phi) is 4.55. The molecule has 65 valence electrons. The van der Waals surface area contributed by atoms with Gasteiger partial charge in [0.15, 0.2) is 0 Å². The summed E-state index contributed by atoms with van der Waals surface area (Å²) >= 11 is 0. The molecule has 0 aliphatic heterocycles. The van der Waals surface area contributed by atoms with Gasteiger partial charge < -0.3 is 0 Å². The van der Waals surface area contributed by atoms with E-state index in [0.29, 0.717) is 6.04 Å². The second kappa shape index (κ2) is 5.56. The summed E-state index contributed by atoms with van der Waals surface area (Å²) in [6, 6.07) is 0.690. The standard InChI is InChI=1S/C9H19N2/c1-2-8-10-11-9-6-4-3-5-7-9/h9,11H,2-8H2,1H3. The van der Waals surface area contributed by atoms with Crippen molar-refractivity contribution in [3.05, 3.63) is 0 Å². The van der Waals surface area contributed by atoms with E-state index in [4.69, 9.17) is 0 Å². The minimum Gasteiger partial charge on any atom is -0.237 e. The summed E-state index contributed by atoms with van der Waals surface area (Å²) < 4.78 is 0. The van der Waals surface area contributed by atoms with E-state index < -0.39 is 0 Å². The first-order valence-electron chi connectivity index (χ1n) is 4.85. The molecule has 0 unspecified atom stereocenters.